The molecule has 0 bridgehead atoms. The lowest BCUT2D eigenvalue weighted by Crippen LogP contribution is -2.31. The first-order chi connectivity index (χ1) is 28.3. The van der Waals surface area contributed by atoms with Crippen molar-refractivity contribution in [2.75, 3.05) is 92.0 Å². The van der Waals surface area contributed by atoms with Crippen LogP contribution in [0, 0.1) is 0 Å². The van der Waals surface area contributed by atoms with Crippen molar-refractivity contribution in [1.82, 2.24) is 9.80 Å². The Kier molecular flexibility index (Phi) is 50.6. The molecule has 0 aliphatic heterocycles. The van der Waals surface area contributed by atoms with E-state index < -0.39 is 0 Å². The number of hydrogen-bond acceptors (Lipinski definition) is 7. The molecule has 0 saturated carbocycles. The zero-order chi connectivity index (χ0) is 41.2. The molecule has 7 heteroatoms. The second-order valence-corrected chi connectivity index (χ2v) is 16.7. The van der Waals surface area contributed by atoms with Crippen molar-refractivity contribution in [3.05, 3.63) is 24.3 Å². The van der Waals surface area contributed by atoms with Crippen LogP contribution in [0.25, 0.3) is 0 Å². The maximum Gasteiger partial charge on any atom is 0.0701 e. The van der Waals surface area contributed by atoms with Crippen molar-refractivity contribution < 1.29 is 14.2 Å². The molecule has 57 heavy (non-hydrogen) atoms. The van der Waals surface area contributed by atoms with Crippen molar-refractivity contribution in [3.8, 4) is 0 Å². The minimum Gasteiger partial charge on any atom is -0.378 e. The molecular weight excluding hydrogens is 705 g/mol. The molecule has 0 aromatic carbocycles. The van der Waals surface area contributed by atoms with Crippen LogP contribution in [0.4, 0.5) is 0 Å². The first-order valence-corrected chi connectivity index (χ1v) is 25.2. The van der Waals surface area contributed by atoms with Gasteiger partial charge in [-0.15, -0.1) is 0 Å². The predicted octanol–water partition coefficient (Wildman–Crippen LogP) is 12.4. The summed E-state index contributed by atoms with van der Waals surface area (Å²) in [4.78, 5) is 5.07. The minimum absolute atomic E-state index is 0.625. The Labute approximate surface area is 357 Å². The van der Waals surface area contributed by atoms with Crippen LogP contribution in [0.15, 0.2) is 24.3 Å². The molecule has 0 aliphatic carbocycles. The van der Waals surface area contributed by atoms with Crippen LogP contribution >= 0.6 is 0 Å². The van der Waals surface area contributed by atoms with Crippen LogP contribution in [0.2, 0.25) is 0 Å². The smallest absolute Gasteiger partial charge is 0.0701 e. The average Bonchev–Trinajstić information content (AvgIpc) is 3.22. The number of allylic oxidation sites excluding steroid dienone is 4. The van der Waals surface area contributed by atoms with Crippen LogP contribution in [-0.4, -0.2) is 102 Å². The summed E-state index contributed by atoms with van der Waals surface area (Å²) in [5.74, 6) is 0. The summed E-state index contributed by atoms with van der Waals surface area (Å²) in [5, 5.41) is 0. The molecule has 340 valence electrons. The molecule has 0 aromatic rings. The van der Waals surface area contributed by atoms with Gasteiger partial charge in [0.05, 0.1) is 39.6 Å². The fraction of sp³-hybridized carbons (Fsp3) is 0.920. The van der Waals surface area contributed by atoms with Gasteiger partial charge in [-0.25, -0.2) is 0 Å². The Morgan fingerprint density at radius 1 is 0.298 bits per heavy atom. The van der Waals surface area contributed by atoms with Crippen LogP contribution < -0.4 is 11.5 Å². The fourth-order valence-corrected chi connectivity index (χ4v) is 7.40. The SMILES string of the molecule is CCCCCCCC/C=C\CCCCCCCCN(CCCN)CCOCCOCCOCCN(CCCN)CCCCCCCC/C=C\CCCCCCCC. The van der Waals surface area contributed by atoms with E-state index in [0.717, 1.165) is 78.4 Å². The Morgan fingerprint density at radius 3 is 0.877 bits per heavy atom. The minimum atomic E-state index is 0.625. The molecule has 0 heterocycles. The second kappa shape index (κ2) is 51.3. The summed E-state index contributed by atoms with van der Waals surface area (Å²) in [6.45, 7) is 16.5. The van der Waals surface area contributed by atoms with Gasteiger partial charge in [0.15, 0.2) is 0 Å². The lowest BCUT2D eigenvalue weighted by Gasteiger charge is -2.22. The maximum absolute atomic E-state index is 5.92. The fourth-order valence-electron chi connectivity index (χ4n) is 7.40. The molecule has 4 N–H and O–H groups in total. The molecule has 0 aliphatic rings. The van der Waals surface area contributed by atoms with Gasteiger partial charge in [0.1, 0.15) is 0 Å². The quantitative estimate of drug-likeness (QED) is 0.0468. The molecule has 0 saturated heterocycles. The third-order valence-corrected chi connectivity index (χ3v) is 11.2. The monoisotopic (exact) mass is 807 g/mol. The van der Waals surface area contributed by atoms with Gasteiger partial charge in [-0.2, -0.15) is 0 Å². The van der Waals surface area contributed by atoms with E-state index in [1.807, 2.05) is 0 Å². The van der Waals surface area contributed by atoms with E-state index in [0.29, 0.717) is 26.4 Å². The summed E-state index contributed by atoms with van der Waals surface area (Å²) < 4.78 is 17.6. The van der Waals surface area contributed by atoms with Crippen molar-refractivity contribution in [3.63, 3.8) is 0 Å². The molecule has 0 radical (unpaired) electrons. The zero-order valence-electron chi connectivity index (χ0n) is 38.7. The molecule has 0 fully saturated rings. The highest BCUT2D eigenvalue weighted by Crippen LogP contribution is 2.12. The van der Waals surface area contributed by atoms with E-state index in [9.17, 15) is 0 Å². The first kappa shape index (κ1) is 56.2. The largest absolute Gasteiger partial charge is 0.378 e. The third kappa shape index (κ3) is 47.7. The van der Waals surface area contributed by atoms with E-state index in [4.69, 9.17) is 25.7 Å². The number of nitrogens with two attached hydrogens (primary N) is 2. The van der Waals surface area contributed by atoms with E-state index in [2.05, 4.69) is 48.0 Å². The lowest BCUT2D eigenvalue weighted by molar-refractivity contribution is 0.00696. The van der Waals surface area contributed by atoms with Crippen molar-refractivity contribution in [1.29, 1.82) is 0 Å². The molecule has 0 spiro atoms. The standard InChI is InChI=1S/C50H102N4O3/c1-3-5-7-9-11-13-15-17-19-21-23-25-27-29-31-33-39-53(41-35-37-51)43-45-55-47-49-57-50-48-56-46-44-54(42-36-38-52)40-34-32-30-28-26-24-22-20-18-16-14-12-10-8-6-4-2/h17-20H,3-16,21-52H2,1-2H3/b19-17-,20-18-. The Hall–Kier alpha value is -0.800. The summed E-state index contributed by atoms with van der Waals surface area (Å²) in [6, 6.07) is 0. The summed E-state index contributed by atoms with van der Waals surface area (Å²) >= 11 is 0. The number of unbranched alkanes of at least 4 members (excludes halogenated alkanes) is 24. The predicted molar refractivity (Wildman–Crippen MR) is 252 cm³/mol. The van der Waals surface area contributed by atoms with Gasteiger partial charge in [0.2, 0.25) is 0 Å². The highest BCUT2D eigenvalue weighted by molar-refractivity contribution is 4.82. The van der Waals surface area contributed by atoms with Gasteiger partial charge in [-0.3, -0.25) is 0 Å². The first-order valence-electron chi connectivity index (χ1n) is 25.2. The third-order valence-electron chi connectivity index (χ3n) is 11.2. The number of hydrogen-bond donors (Lipinski definition) is 2. The second-order valence-electron chi connectivity index (χ2n) is 16.7. The molecule has 0 rings (SSSR count). The van der Waals surface area contributed by atoms with Gasteiger partial charge >= 0.3 is 0 Å². The average molecular weight is 807 g/mol. The van der Waals surface area contributed by atoms with Gasteiger partial charge in [-0.05, 0) is 116 Å². The normalized spacial score (nSPS) is 12.2. The van der Waals surface area contributed by atoms with E-state index in [1.165, 1.54) is 180 Å². The van der Waals surface area contributed by atoms with Gasteiger partial charge in [0.25, 0.3) is 0 Å². The van der Waals surface area contributed by atoms with Crippen LogP contribution in [0.1, 0.15) is 206 Å². The van der Waals surface area contributed by atoms with E-state index in [1.54, 1.807) is 0 Å². The van der Waals surface area contributed by atoms with Crippen LogP contribution in [0.5, 0.6) is 0 Å². The Morgan fingerprint density at radius 2 is 0.561 bits per heavy atom. The molecule has 0 unspecified atom stereocenters. The van der Waals surface area contributed by atoms with Crippen molar-refractivity contribution >= 4 is 0 Å². The van der Waals surface area contributed by atoms with Gasteiger partial charge < -0.3 is 35.5 Å². The Bertz CT molecular complexity index is 721. The number of nitrogens with zero attached hydrogens (tertiary/aromatic N) is 2. The summed E-state index contributed by atoms with van der Waals surface area (Å²) in [6.07, 6.45) is 49.6. The van der Waals surface area contributed by atoms with Crippen molar-refractivity contribution in [2.24, 2.45) is 11.5 Å². The molecule has 0 atom stereocenters. The summed E-state index contributed by atoms with van der Waals surface area (Å²) in [7, 11) is 0. The number of rotatable bonds is 50. The highest BCUT2D eigenvalue weighted by Gasteiger charge is 2.06. The molecular formula is C50H102N4O3. The van der Waals surface area contributed by atoms with E-state index in [-0.39, 0.29) is 0 Å². The molecule has 0 amide bonds. The van der Waals surface area contributed by atoms with Gasteiger partial charge in [0, 0.05) is 13.1 Å². The Balaban J connectivity index is 3.72. The molecule has 0 aromatic heterocycles. The van der Waals surface area contributed by atoms with Crippen LogP contribution in [-0.2, 0) is 14.2 Å². The zero-order valence-corrected chi connectivity index (χ0v) is 38.7. The summed E-state index contributed by atoms with van der Waals surface area (Å²) in [5.41, 5.74) is 11.6. The van der Waals surface area contributed by atoms with E-state index >= 15 is 0 Å². The topological polar surface area (TPSA) is 86.2 Å². The maximum atomic E-state index is 5.92. The van der Waals surface area contributed by atoms with Crippen LogP contribution in [0.3, 0.4) is 0 Å². The van der Waals surface area contributed by atoms with Crippen molar-refractivity contribution in [2.45, 2.75) is 206 Å². The molecule has 7 nitrogen and oxygen atoms in total. The highest BCUT2D eigenvalue weighted by atomic mass is 16.5. The number of ether oxygens (including phenoxy) is 3. The lowest BCUT2D eigenvalue weighted by atomic mass is 10.1. The van der Waals surface area contributed by atoms with Gasteiger partial charge in [-0.1, -0.05) is 154 Å².